The molecule has 22 heteroatoms. The van der Waals surface area contributed by atoms with Crippen molar-refractivity contribution in [3.8, 4) is 33.4 Å². The maximum Gasteiger partial charge on any atom is 0.0267 e. The first kappa shape index (κ1) is 106. The first-order valence-electron chi connectivity index (χ1n) is 45.9. The van der Waals surface area contributed by atoms with Gasteiger partial charge in [-0.15, -0.1) is 0 Å². The van der Waals surface area contributed by atoms with Gasteiger partial charge in [-0.05, 0) is 238 Å². The van der Waals surface area contributed by atoms with Crippen molar-refractivity contribution in [2.75, 3.05) is 68.7 Å². The Hall–Kier alpha value is -10.0. The van der Waals surface area contributed by atoms with Crippen LogP contribution in [0, 0.1) is 155 Å². The van der Waals surface area contributed by atoms with Crippen LogP contribution in [-0.2, 0) is 40.6 Å². The van der Waals surface area contributed by atoms with Gasteiger partial charge in [0.1, 0.15) is 6.20 Å². The number of benzene rings is 12. The van der Waals surface area contributed by atoms with Gasteiger partial charge in [0.25, 0.3) is 5.69 Å². The minimum Gasteiger partial charge on any atom is -0.265 e. The molecule has 0 saturated carbocycles. The van der Waals surface area contributed by atoms with Gasteiger partial charge in [0, 0.05) is 115 Å². The Labute approximate surface area is 870 Å². The summed E-state index contributed by atoms with van der Waals surface area (Å²) in [6, 6.07) is 89.8. The Morgan fingerprint density at radius 2 is 0.446 bits per heavy atom. The third-order valence-electron chi connectivity index (χ3n) is 24.4. The van der Waals surface area contributed by atoms with Crippen molar-refractivity contribution in [3.05, 3.63) is 466 Å². The summed E-state index contributed by atoms with van der Waals surface area (Å²) in [5, 5.41) is 9.97. The number of nitro groups is 1. The molecule has 0 atom stereocenters. The SMILES string of the molecule is Brc1cccnc1.Cc1cc(C)c(N2[CH-]N(c3c(C)cc(C)cc3C)CC2)c(C)c1.Cc1cc(C)c(N2[CH-]N(c3c(C)cc(C)cc3C)CC2)c(C)c1.Cc1cc(C)c(N2[CH-]N(c3c(C)cc(C)cc3C)CC2)c(C)c1.O=[N+]([O-])c1cccnc1.[Cl][Ru]([Cl])=[C]1c2ccccc2-c2ccccc21.[Cl][Ru]([Cl])=[C]1c2ccccc2-c2ccccc21.[Cl][Ru]([Cl])=[C]1c2ccccc2-c2ccccc21.c1ccncc1. The van der Waals surface area contributed by atoms with Crippen molar-refractivity contribution in [3.63, 3.8) is 0 Å². The maximum absolute atomic E-state index is 9.97. The molecule has 12 aromatic carbocycles. The Balaban J connectivity index is 0.000000135. The zero-order valence-corrected chi connectivity index (χ0v) is 93.1. The van der Waals surface area contributed by atoms with E-state index in [0.717, 1.165) is 43.7 Å². The van der Waals surface area contributed by atoms with Crippen LogP contribution in [-0.4, -0.2) is 71.5 Å². The monoisotopic (exact) mass is 2290 g/mol. The Morgan fingerprint density at radius 3 is 0.576 bits per heavy atom. The molecule has 3 fully saturated rings. The molecule has 3 saturated heterocycles. The van der Waals surface area contributed by atoms with Crippen molar-refractivity contribution < 1.29 is 45.5 Å². The number of nitrogens with zero attached hydrogens (tertiary/aromatic N) is 10. The number of halogens is 7. The van der Waals surface area contributed by atoms with Crippen LogP contribution in [0.1, 0.15) is 134 Å². The van der Waals surface area contributed by atoms with Crippen LogP contribution in [0.25, 0.3) is 33.4 Å². The number of anilines is 6. The smallest absolute Gasteiger partial charge is 0.0267 e. The second kappa shape index (κ2) is 49.6. The van der Waals surface area contributed by atoms with Gasteiger partial charge in [-0.2, -0.15) is 20.0 Å². The van der Waals surface area contributed by atoms with Crippen LogP contribution >= 0.6 is 74.1 Å². The Bertz CT molecular complexity index is 5970. The first-order valence-corrected chi connectivity index (χ1v) is 62.7. The number of aryl methyl sites for hydroxylation is 18. The van der Waals surface area contributed by atoms with E-state index in [1.165, 1.54) is 238 Å². The predicted molar refractivity (Wildman–Crippen MR) is 588 cm³/mol. The summed E-state index contributed by atoms with van der Waals surface area (Å²) >= 11 is -2.39. The molecule has 3 aromatic heterocycles. The molecule has 0 amide bonds. The third-order valence-corrected chi connectivity index (χ3v) is 34.4. The maximum atomic E-state index is 9.97. The van der Waals surface area contributed by atoms with E-state index in [4.69, 9.17) is 58.1 Å². The zero-order chi connectivity index (χ0) is 99.6. The third kappa shape index (κ3) is 26.5. The van der Waals surface area contributed by atoms with Crippen molar-refractivity contribution in [1.29, 1.82) is 0 Å². The fourth-order valence-electron chi connectivity index (χ4n) is 19.7. The standard InChI is InChI=1S/3C21H27N2.3C13H8.C5H4BrN.C5H4N2O2.C5H5N.6ClH.3Ru/c3*1-14-9-16(3)20(17(4)10-14)22-7-8-23(13-22)21-18(5)11-15(2)12-19(21)6;3*1-3-7-12-10(5-1)9-11-6-2-4-8-13(11)12;6-5-2-1-3-7-4-5;8-7(9)5-2-1-3-6-4-5;1-2-4-6-5-3-1;;;;;;;;;/h3*9-13H,7-8H2,1-6H3;3*1-8H;1-4H;1-4H;1-5H;6*1H;;;/q3*-1;;;;;;;;;;;;;3*+2/p-6. The van der Waals surface area contributed by atoms with Gasteiger partial charge < -0.3 is 29.4 Å². The molecule has 6 heterocycles. The van der Waals surface area contributed by atoms with E-state index >= 15 is 0 Å². The van der Waals surface area contributed by atoms with Crippen LogP contribution in [0.15, 0.2) is 303 Å². The van der Waals surface area contributed by atoms with Crippen molar-refractivity contribution in [1.82, 2.24) is 15.0 Å². The number of hydrogen-bond donors (Lipinski definition) is 0. The van der Waals surface area contributed by atoms with E-state index in [-0.39, 0.29) is 5.69 Å². The minimum atomic E-state index is -1.88. The number of aromatic nitrogens is 3. The summed E-state index contributed by atoms with van der Waals surface area (Å²) in [5.41, 5.74) is 47.4. The van der Waals surface area contributed by atoms with Gasteiger partial charge >= 0.3 is 323 Å². The van der Waals surface area contributed by atoms with Crippen LogP contribution in [0.5, 0.6) is 0 Å². The van der Waals surface area contributed by atoms with E-state index in [1.807, 2.05) is 66.7 Å². The van der Waals surface area contributed by atoms with Gasteiger partial charge in [-0.25, -0.2) is 0 Å². The van der Waals surface area contributed by atoms with Gasteiger partial charge in [0.15, 0.2) is 0 Å². The minimum absolute atomic E-state index is 0.0255. The second-order valence-corrected chi connectivity index (χ2v) is 53.5. The Kier molecular flexibility index (Phi) is 37.9. The topological polar surface area (TPSA) is 101 Å². The average Bonchev–Trinajstić information content (AvgIpc) is 1.61. The van der Waals surface area contributed by atoms with Crippen LogP contribution in [0.2, 0.25) is 0 Å². The molecule has 12 nitrogen and oxygen atoms in total. The number of rotatable bonds is 7. The molecule has 0 unspecified atom stereocenters. The van der Waals surface area contributed by atoms with Gasteiger partial charge in [0.2, 0.25) is 0 Å². The summed E-state index contributed by atoms with van der Waals surface area (Å²) in [6.07, 6.45) is 9.69. The summed E-state index contributed by atoms with van der Waals surface area (Å²) in [4.78, 5) is 35.1. The molecule has 139 heavy (non-hydrogen) atoms. The van der Waals surface area contributed by atoms with Crippen LogP contribution in [0.3, 0.4) is 0 Å². The van der Waals surface area contributed by atoms with Crippen molar-refractivity contribution >= 4 is 126 Å². The summed E-state index contributed by atoms with van der Waals surface area (Å²) in [6.45, 7) is 52.7. The largest absolute Gasteiger partial charge is 0.265 e. The van der Waals surface area contributed by atoms with Crippen LogP contribution < -0.4 is 29.4 Å². The van der Waals surface area contributed by atoms with Gasteiger partial charge in [-0.1, -0.05) is 112 Å². The molecular formula is C117H118BrCl6N10O2Ru3-3. The molecular weight excluding hydrogens is 2170 g/mol. The normalized spacial score (nSPS) is 13.3. The summed E-state index contributed by atoms with van der Waals surface area (Å²) < 4.78 is 4.52. The molecule has 0 bridgehead atoms. The van der Waals surface area contributed by atoms with E-state index < -0.39 is 45.5 Å². The fourth-order valence-corrected chi connectivity index (χ4v) is 29.5. The molecule has 3 aliphatic heterocycles. The molecule has 724 valence electrons. The molecule has 3 aliphatic carbocycles. The number of pyridine rings is 3. The predicted octanol–water partition coefficient (Wildman–Crippen LogP) is 31.3. The molecule has 6 aliphatic rings. The van der Waals surface area contributed by atoms with E-state index in [1.54, 1.807) is 24.8 Å². The molecule has 15 aromatic rings. The van der Waals surface area contributed by atoms with Crippen molar-refractivity contribution in [2.24, 2.45) is 0 Å². The van der Waals surface area contributed by atoms with E-state index in [9.17, 15) is 10.1 Å². The van der Waals surface area contributed by atoms with Gasteiger partial charge in [-0.3, -0.25) is 25.1 Å². The molecule has 0 spiro atoms. The second-order valence-electron chi connectivity index (χ2n) is 35.4. The number of hydrogen-bond acceptors (Lipinski definition) is 11. The average molecular weight is 2290 g/mol. The van der Waals surface area contributed by atoms with Gasteiger partial charge in [0.05, 0.1) is 4.92 Å². The van der Waals surface area contributed by atoms with E-state index in [2.05, 4.69) is 387 Å². The quantitative estimate of drug-likeness (QED) is 0.0660. The zero-order valence-electron chi connectivity index (χ0n) is 81.8. The van der Waals surface area contributed by atoms with Crippen molar-refractivity contribution in [2.45, 2.75) is 125 Å². The van der Waals surface area contributed by atoms with E-state index in [0.29, 0.717) is 0 Å². The molecule has 21 rings (SSSR count). The summed E-state index contributed by atoms with van der Waals surface area (Å²) in [5.74, 6) is 0. The molecule has 0 radical (unpaired) electrons. The fraction of sp³-hybridized carbons (Fsp3) is 0.205. The Morgan fingerprint density at radius 1 is 0.259 bits per heavy atom. The molecule has 0 N–H and O–H groups in total. The van der Waals surface area contributed by atoms with Crippen LogP contribution in [0.4, 0.5) is 39.8 Å². The summed E-state index contributed by atoms with van der Waals surface area (Å²) in [7, 11) is 37.3. The first-order chi connectivity index (χ1) is 66.7. The number of fused-ring (bicyclic) bond motifs is 9.